The molecule has 2 aromatic carbocycles. The molecule has 1 aliphatic heterocycles. The predicted molar refractivity (Wildman–Crippen MR) is 147 cm³/mol. The van der Waals surface area contributed by atoms with Crippen LogP contribution in [0.2, 0.25) is 0 Å². The highest BCUT2D eigenvalue weighted by atomic mass is 32.1. The van der Waals surface area contributed by atoms with E-state index < -0.39 is 0 Å². The molecule has 1 N–H and O–H groups in total. The number of aromatic nitrogens is 5. The maximum Gasteiger partial charge on any atom is 0.229 e. The second kappa shape index (κ2) is 9.74. The van der Waals surface area contributed by atoms with Crippen LogP contribution >= 0.6 is 11.3 Å². The van der Waals surface area contributed by atoms with Gasteiger partial charge in [0.1, 0.15) is 10.8 Å². The van der Waals surface area contributed by atoms with Crippen LogP contribution in [-0.4, -0.2) is 43.7 Å². The Morgan fingerprint density at radius 1 is 1.03 bits per heavy atom. The van der Waals surface area contributed by atoms with Gasteiger partial charge in [-0.3, -0.25) is 9.36 Å². The number of fused-ring (bicyclic) bond motifs is 1. The second-order valence-corrected chi connectivity index (χ2v) is 10.5. The predicted octanol–water partition coefficient (Wildman–Crippen LogP) is 5.41. The zero-order valence-electron chi connectivity index (χ0n) is 20.8. The summed E-state index contributed by atoms with van der Waals surface area (Å²) in [5.41, 5.74) is 4.09. The molecular weight excluding hydrogens is 482 g/mol. The molecule has 0 aliphatic carbocycles. The summed E-state index contributed by atoms with van der Waals surface area (Å²) in [5.74, 6) is 2.30. The highest BCUT2D eigenvalue weighted by Crippen LogP contribution is 2.31. The number of rotatable bonds is 5. The summed E-state index contributed by atoms with van der Waals surface area (Å²) in [5, 5.41) is 12.9. The van der Waals surface area contributed by atoms with Gasteiger partial charge in [-0.05, 0) is 80.8 Å². The van der Waals surface area contributed by atoms with E-state index in [1.165, 1.54) is 10.3 Å². The minimum atomic E-state index is -0.113. The van der Waals surface area contributed by atoms with E-state index in [-0.39, 0.29) is 11.8 Å². The first-order chi connectivity index (χ1) is 18.0. The van der Waals surface area contributed by atoms with Gasteiger partial charge in [-0.2, -0.15) is 0 Å². The smallest absolute Gasteiger partial charge is 0.229 e. The monoisotopic (exact) mass is 509 g/mol. The summed E-state index contributed by atoms with van der Waals surface area (Å²) in [6.45, 7) is 5.50. The Morgan fingerprint density at radius 3 is 2.59 bits per heavy atom. The van der Waals surface area contributed by atoms with E-state index in [1.807, 2.05) is 54.1 Å². The fourth-order valence-corrected chi connectivity index (χ4v) is 5.80. The first-order valence-corrected chi connectivity index (χ1v) is 13.2. The molecule has 0 bridgehead atoms. The van der Waals surface area contributed by atoms with Crippen LogP contribution < -0.4 is 10.2 Å². The standard InChI is InChI=1S/C28H27N7OS/c1-18-5-10-23-24(16-18)37-28(31-23)20-6-8-22(9-7-20)30-27(36)21-4-3-14-34(17-21)25-11-12-26(33-32-25)35-15-13-29-19(35)2/h5-13,15-16,21H,3-4,14,17H2,1-2H3,(H,30,36). The maximum absolute atomic E-state index is 13.1. The molecule has 5 aromatic rings. The molecule has 1 fully saturated rings. The lowest BCUT2D eigenvalue weighted by atomic mass is 9.97. The summed E-state index contributed by atoms with van der Waals surface area (Å²) in [6.07, 6.45) is 5.39. The molecule has 1 unspecified atom stereocenters. The van der Waals surface area contributed by atoms with Gasteiger partial charge < -0.3 is 10.2 Å². The number of aryl methyl sites for hydroxylation is 2. The molecule has 37 heavy (non-hydrogen) atoms. The summed E-state index contributed by atoms with van der Waals surface area (Å²) < 4.78 is 3.08. The molecule has 0 saturated carbocycles. The van der Waals surface area contributed by atoms with Gasteiger partial charge in [0.15, 0.2) is 11.6 Å². The highest BCUT2D eigenvalue weighted by molar-refractivity contribution is 7.21. The number of nitrogens with zero attached hydrogens (tertiary/aromatic N) is 6. The molecule has 9 heteroatoms. The number of amides is 1. The van der Waals surface area contributed by atoms with Gasteiger partial charge in [0.05, 0.1) is 16.1 Å². The minimum Gasteiger partial charge on any atom is -0.354 e. The van der Waals surface area contributed by atoms with Crippen molar-refractivity contribution < 1.29 is 4.79 Å². The Hall–Kier alpha value is -4.11. The van der Waals surface area contributed by atoms with Gasteiger partial charge in [-0.25, -0.2) is 9.97 Å². The van der Waals surface area contributed by atoms with Gasteiger partial charge in [-0.15, -0.1) is 21.5 Å². The molecule has 8 nitrogen and oxygen atoms in total. The number of carbonyl (C=O) groups excluding carboxylic acids is 1. The Balaban J connectivity index is 1.10. The zero-order valence-corrected chi connectivity index (χ0v) is 21.6. The Labute approximate surface area is 219 Å². The van der Waals surface area contributed by atoms with E-state index in [0.29, 0.717) is 6.54 Å². The molecule has 6 rings (SSSR count). The van der Waals surface area contributed by atoms with Gasteiger partial charge >= 0.3 is 0 Å². The molecule has 4 heterocycles. The van der Waals surface area contributed by atoms with Crippen molar-refractivity contribution in [3.05, 3.63) is 78.4 Å². The lowest BCUT2D eigenvalue weighted by Crippen LogP contribution is -2.41. The number of imidazole rings is 1. The van der Waals surface area contributed by atoms with Crippen molar-refractivity contribution in [2.45, 2.75) is 26.7 Å². The fourth-order valence-electron chi connectivity index (χ4n) is 4.73. The van der Waals surface area contributed by atoms with Crippen molar-refractivity contribution in [3.63, 3.8) is 0 Å². The Kier molecular flexibility index (Phi) is 6.13. The van der Waals surface area contributed by atoms with Crippen LogP contribution in [0.25, 0.3) is 26.6 Å². The fraction of sp³-hybridized carbons (Fsp3) is 0.250. The summed E-state index contributed by atoms with van der Waals surface area (Å²) in [6, 6.07) is 18.2. The molecule has 3 aromatic heterocycles. The zero-order chi connectivity index (χ0) is 25.4. The topological polar surface area (TPSA) is 88.8 Å². The summed E-state index contributed by atoms with van der Waals surface area (Å²) in [4.78, 5) is 24.2. The third-order valence-corrected chi connectivity index (χ3v) is 7.84. The number of anilines is 2. The van der Waals surface area contributed by atoms with Crippen molar-refractivity contribution in [2.75, 3.05) is 23.3 Å². The number of nitrogens with one attached hydrogen (secondary N) is 1. The van der Waals surface area contributed by atoms with Crippen molar-refractivity contribution >= 4 is 39.0 Å². The third kappa shape index (κ3) is 4.82. The van der Waals surface area contributed by atoms with E-state index in [9.17, 15) is 4.79 Å². The average molecular weight is 510 g/mol. The number of benzene rings is 2. The molecule has 1 amide bonds. The van der Waals surface area contributed by atoms with E-state index in [4.69, 9.17) is 4.98 Å². The molecule has 0 radical (unpaired) electrons. The van der Waals surface area contributed by atoms with E-state index in [0.717, 1.165) is 58.6 Å². The van der Waals surface area contributed by atoms with Gasteiger partial charge in [-0.1, -0.05) is 6.07 Å². The van der Waals surface area contributed by atoms with E-state index in [1.54, 1.807) is 17.5 Å². The van der Waals surface area contributed by atoms with Crippen LogP contribution in [-0.2, 0) is 4.79 Å². The lowest BCUT2D eigenvalue weighted by molar-refractivity contribution is -0.120. The van der Waals surface area contributed by atoms with Crippen LogP contribution in [0.5, 0.6) is 0 Å². The number of hydrogen-bond acceptors (Lipinski definition) is 7. The molecule has 1 atom stereocenters. The van der Waals surface area contributed by atoms with Crippen LogP contribution in [0, 0.1) is 19.8 Å². The molecule has 1 saturated heterocycles. The Bertz CT molecular complexity index is 1560. The van der Waals surface area contributed by atoms with E-state index >= 15 is 0 Å². The summed E-state index contributed by atoms with van der Waals surface area (Å²) >= 11 is 1.69. The number of piperidine rings is 1. The van der Waals surface area contributed by atoms with Crippen molar-refractivity contribution in [2.24, 2.45) is 5.92 Å². The van der Waals surface area contributed by atoms with Crippen molar-refractivity contribution in [1.29, 1.82) is 0 Å². The normalized spacial score (nSPS) is 15.7. The molecule has 0 spiro atoms. The average Bonchev–Trinajstić information content (AvgIpc) is 3.55. The molecule has 186 valence electrons. The second-order valence-electron chi connectivity index (χ2n) is 9.44. The van der Waals surface area contributed by atoms with Crippen LogP contribution in [0.1, 0.15) is 24.2 Å². The summed E-state index contributed by atoms with van der Waals surface area (Å²) in [7, 11) is 0. The van der Waals surface area contributed by atoms with Crippen LogP contribution in [0.4, 0.5) is 11.5 Å². The highest BCUT2D eigenvalue weighted by Gasteiger charge is 2.27. The van der Waals surface area contributed by atoms with Gasteiger partial charge in [0.25, 0.3) is 0 Å². The largest absolute Gasteiger partial charge is 0.354 e. The van der Waals surface area contributed by atoms with E-state index in [2.05, 4.69) is 50.5 Å². The third-order valence-electron chi connectivity index (χ3n) is 6.77. The van der Waals surface area contributed by atoms with Crippen molar-refractivity contribution in [3.8, 4) is 16.4 Å². The Morgan fingerprint density at radius 2 is 1.84 bits per heavy atom. The minimum absolute atomic E-state index is 0.0338. The van der Waals surface area contributed by atoms with Crippen LogP contribution in [0.3, 0.4) is 0 Å². The number of thiazole rings is 1. The first-order valence-electron chi connectivity index (χ1n) is 12.4. The molecular formula is C28H27N7OS. The quantitative estimate of drug-likeness (QED) is 0.341. The van der Waals surface area contributed by atoms with Gasteiger partial charge in [0.2, 0.25) is 5.91 Å². The van der Waals surface area contributed by atoms with Crippen LogP contribution in [0.15, 0.2) is 67.0 Å². The first kappa shape index (κ1) is 23.3. The van der Waals surface area contributed by atoms with Gasteiger partial charge in [0, 0.05) is 36.7 Å². The number of hydrogen-bond donors (Lipinski definition) is 1. The SMILES string of the molecule is Cc1ccc2nc(-c3ccc(NC(=O)C4CCCN(c5ccc(-n6ccnc6C)nn5)C4)cc3)sc2c1. The number of carbonyl (C=O) groups is 1. The molecule has 1 aliphatic rings. The lowest BCUT2D eigenvalue weighted by Gasteiger charge is -2.32. The van der Waals surface area contributed by atoms with Crippen molar-refractivity contribution in [1.82, 2.24) is 24.7 Å². The maximum atomic E-state index is 13.1.